The molecule has 0 saturated heterocycles. The Bertz CT molecular complexity index is 1020. The molecule has 0 fully saturated rings. The molecule has 9 heteroatoms. The average molecular weight is 412 g/mol. The summed E-state index contributed by atoms with van der Waals surface area (Å²) in [7, 11) is 1.60. The second-order valence-electron chi connectivity index (χ2n) is 6.45. The van der Waals surface area contributed by atoms with Crippen molar-refractivity contribution in [2.75, 3.05) is 31.0 Å². The summed E-state index contributed by atoms with van der Waals surface area (Å²) in [4.78, 5) is 8.19. The molecule has 0 spiro atoms. The molecular formula is C21H21FN4O4. The van der Waals surface area contributed by atoms with Crippen LogP contribution in [-0.4, -0.2) is 36.5 Å². The molecule has 3 aromatic rings. The van der Waals surface area contributed by atoms with Crippen LogP contribution in [0.1, 0.15) is 6.92 Å². The molecule has 1 aliphatic heterocycles. The Morgan fingerprint density at radius 2 is 1.77 bits per heavy atom. The maximum atomic E-state index is 14.2. The van der Waals surface area contributed by atoms with E-state index in [0.29, 0.717) is 36.1 Å². The normalized spacial score (nSPS) is 13.3. The summed E-state index contributed by atoms with van der Waals surface area (Å²) in [6.07, 6.45) is 0.640. The maximum absolute atomic E-state index is 14.2. The molecule has 0 aliphatic carbocycles. The summed E-state index contributed by atoms with van der Waals surface area (Å²) < 4.78 is 36.2. The molecule has 2 heterocycles. The topological polar surface area (TPSA) is 86.8 Å². The van der Waals surface area contributed by atoms with Crippen molar-refractivity contribution in [1.82, 2.24) is 9.97 Å². The van der Waals surface area contributed by atoms with E-state index in [-0.39, 0.29) is 11.8 Å². The summed E-state index contributed by atoms with van der Waals surface area (Å²) in [5.74, 6) is 2.30. The van der Waals surface area contributed by atoms with E-state index in [1.165, 1.54) is 0 Å². The minimum atomic E-state index is -0.584. The first kappa shape index (κ1) is 19.6. The summed E-state index contributed by atoms with van der Waals surface area (Å²) in [5.41, 5.74) is 0.616. The Morgan fingerprint density at radius 1 is 1.03 bits per heavy atom. The summed E-state index contributed by atoms with van der Waals surface area (Å²) in [6, 6.07) is 12.4. The largest absolute Gasteiger partial charge is 0.497 e. The highest BCUT2D eigenvalue weighted by molar-refractivity contribution is 5.62. The zero-order chi connectivity index (χ0) is 20.9. The fourth-order valence-corrected chi connectivity index (χ4v) is 2.85. The number of nitrogens with zero attached hydrogens (tertiary/aromatic N) is 2. The summed E-state index contributed by atoms with van der Waals surface area (Å²) >= 11 is 0. The summed E-state index contributed by atoms with van der Waals surface area (Å²) in [6.45, 7) is 2.77. The van der Waals surface area contributed by atoms with Crippen molar-refractivity contribution in [3.05, 3.63) is 54.5 Å². The summed E-state index contributed by atoms with van der Waals surface area (Å²) in [5, 5.41) is 5.94. The van der Waals surface area contributed by atoms with Gasteiger partial charge >= 0.3 is 0 Å². The lowest BCUT2D eigenvalue weighted by molar-refractivity contribution is 0.171. The van der Waals surface area contributed by atoms with Crippen LogP contribution in [0, 0.1) is 5.82 Å². The van der Waals surface area contributed by atoms with E-state index in [4.69, 9.17) is 18.9 Å². The standard InChI is InChI=1S/C21H21FN4O4/c1-13(30-16-6-4-15(27-2)5-7-16)24-21-23-12-17(22)20(26-21)25-14-3-8-18-19(11-14)29-10-9-28-18/h3-8,11-13H,9-10H2,1-2H3,(H2,23,24,25,26). The average Bonchev–Trinajstić information content (AvgIpc) is 2.76. The van der Waals surface area contributed by atoms with Crippen LogP contribution >= 0.6 is 0 Å². The lowest BCUT2D eigenvalue weighted by atomic mass is 10.2. The molecule has 0 amide bonds. The molecule has 4 rings (SSSR count). The van der Waals surface area contributed by atoms with Crippen LogP contribution in [-0.2, 0) is 0 Å². The number of anilines is 3. The van der Waals surface area contributed by atoms with Gasteiger partial charge in [-0.3, -0.25) is 0 Å². The lowest BCUT2D eigenvalue weighted by Gasteiger charge is -2.19. The van der Waals surface area contributed by atoms with Gasteiger partial charge in [0.15, 0.2) is 29.4 Å². The van der Waals surface area contributed by atoms with Crippen molar-refractivity contribution in [3.8, 4) is 23.0 Å². The van der Waals surface area contributed by atoms with Crippen LogP contribution in [0.4, 0.5) is 21.8 Å². The van der Waals surface area contributed by atoms with Gasteiger partial charge in [-0.05, 0) is 43.3 Å². The van der Waals surface area contributed by atoms with Gasteiger partial charge in [-0.15, -0.1) is 0 Å². The predicted octanol–water partition coefficient (Wildman–Crippen LogP) is 3.98. The van der Waals surface area contributed by atoms with Crippen molar-refractivity contribution in [3.63, 3.8) is 0 Å². The van der Waals surface area contributed by atoms with Crippen molar-refractivity contribution in [1.29, 1.82) is 0 Å². The van der Waals surface area contributed by atoms with E-state index >= 15 is 0 Å². The maximum Gasteiger partial charge on any atom is 0.227 e. The van der Waals surface area contributed by atoms with E-state index < -0.39 is 12.0 Å². The monoisotopic (exact) mass is 412 g/mol. The molecule has 8 nitrogen and oxygen atoms in total. The Hall–Kier alpha value is -3.75. The highest BCUT2D eigenvalue weighted by Crippen LogP contribution is 2.33. The van der Waals surface area contributed by atoms with Crippen LogP contribution in [0.3, 0.4) is 0 Å². The van der Waals surface area contributed by atoms with Gasteiger partial charge in [0, 0.05) is 11.8 Å². The van der Waals surface area contributed by atoms with E-state index in [0.717, 1.165) is 11.9 Å². The number of methoxy groups -OCH3 is 1. The van der Waals surface area contributed by atoms with Gasteiger partial charge in [0.1, 0.15) is 24.7 Å². The molecule has 1 atom stereocenters. The minimum Gasteiger partial charge on any atom is -0.497 e. The second kappa shape index (κ2) is 8.73. The van der Waals surface area contributed by atoms with Crippen molar-refractivity contribution < 1.29 is 23.3 Å². The third kappa shape index (κ3) is 4.62. The van der Waals surface area contributed by atoms with Crippen LogP contribution in [0.2, 0.25) is 0 Å². The predicted molar refractivity (Wildman–Crippen MR) is 109 cm³/mol. The number of ether oxygens (including phenoxy) is 4. The first-order chi connectivity index (χ1) is 14.6. The molecule has 1 aromatic heterocycles. The smallest absolute Gasteiger partial charge is 0.227 e. The number of hydrogen-bond donors (Lipinski definition) is 2. The first-order valence-electron chi connectivity index (χ1n) is 9.37. The van der Waals surface area contributed by atoms with Gasteiger partial charge in [-0.2, -0.15) is 4.98 Å². The number of rotatable bonds is 7. The Balaban J connectivity index is 1.43. The molecule has 0 bridgehead atoms. The van der Waals surface area contributed by atoms with Crippen molar-refractivity contribution >= 4 is 17.5 Å². The third-order valence-corrected chi connectivity index (χ3v) is 4.25. The number of halogens is 1. The molecular weight excluding hydrogens is 391 g/mol. The molecule has 2 N–H and O–H groups in total. The van der Waals surface area contributed by atoms with E-state index in [9.17, 15) is 4.39 Å². The van der Waals surface area contributed by atoms with Crippen LogP contribution in [0.15, 0.2) is 48.7 Å². The van der Waals surface area contributed by atoms with E-state index in [1.807, 2.05) is 0 Å². The zero-order valence-electron chi connectivity index (χ0n) is 16.5. The van der Waals surface area contributed by atoms with Crippen LogP contribution in [0.5, 0.6) is 23.0 Å². The van der Waals surface area contributed by atoms with Gasteiger partial charge in [0.25, 0.3) is 0 Å². The van der Waals surface area contributed by atoms with Gasteiger partial charge in [-0.1, -0.05) is 0 Å². The molecule has 1 aliphatic rings. The minimum absolute atomic E-state index is 0.0285. The third-order valence-electron chi connectivity index (χ3n) is 4.25. The quantitative estimate of drug-likeness (QED) is 0.564. The Kier molecular flexibility index (Phi) is 5.69. The number of hydrogen-bond acceptors (Lipinski definition) is 8. The van der Waals surface area contributed by atoms with Crippen LogP contribution < -0.4 is 29.6 Å². The van der Waals surface area contributed by atoms with Crippen molar-refractivity contribution in [2.45, 2.75) is 13.2 Å². The SMILES string of the molecule is COc1ccc(OC(C)Nc2ncc(F)c(Nc3ccc4c(c3)OCCO4)n2)cc1. The Labute approximate surface area is 173 Å². The first-order valence-corrected chi connectivity index (χ1v) is 9.37. The van der Waals surface area contributed by atoms with E-state index in [2.05, 4.69) is 20.6 Å². The van der Waals surface area contributed by atoms with E-state index in [1.54, 1.807) is 56.5 Å². The molecule has 30 heavy (non-hydrogen) atoms. The number of aromatic nitrogens is 2. The molecule has 2 aromatic carbocycles. The zero-order valence-corrected chi connectivity index (χ0v) is 16.5. The highest BCUT2D eigenvalue weighted by Gasteiger charge is 2.14. The number of benzene rings is 2. The fourth-order valence-electron chi connectivity index (χ4n) is 2.85. The fraction of sp³-hybridized carbons (Fsp3) is 0.238. The molecule has 0 saturated carbocycles. The van der Waals surface area contributed by atoms with Crippen LogP contribution in [0.25, 0.3) is 0 Å². The van der Waals surface area contributed by atoms with Gasteiger partial charge in [-0.25, -0.2) is 9.37 Å². The Morgan fingerprint density at radius 3 is 2.53 bits per heavy atom. The lowest BCUT2D eigenvalue weighted by Crippen LogP contribution is -2.24. The van der Waals surface area contributed by atoms with Gasteiger partial charge in [0.05, 0.1) is 13.3 Å². The van der Waals surface area contributed by atoms with Gasteiger partial charge < -0.3 is 29.6 Å². The molecule has 1 unspecified atom stereocenters. The van der Waals surface area contributed by atoms with Crippen molar-refractivity contribution in [2.24, 2.45) is 0 Å². The second-order valence-corrected chi connectivity index (χ2v) is 6.45. The highest BCUT2D eigenvalue weighted by atomic mass is 19.1. The molecule has 0 radical (unpaired) electrons. The number of nitrogens with one attached hydrogen (secondary N) is 2. The van der Waals surface area contributed by atoms with Gasteiger partial charge in [0.2, 0.25) is 5.95 Å². The number of fused-ring (bicyclic) bond motifs is 1. The molecule has 156 valence electrons.